The highest BCUT2D eigenvalue weighted by Gasteiger charge is 2.12. The molecule has 0 aliphatic carbocycles. The molecule has 0 spiro atoms. The SMILES string of the molecule is CC(O)C(N)=NO.CC(O)c1noc(-c2ccc(F)cc2)n1.O=C(Cl)c1ccc(F)cc1. The van der Waals surface area contributed by atoms with Crippen molar-refractivity contribution in [2.75, 3.05) is 0 Å². The van der Waals surface area contributed by atoms with Crippen molar-refractivity contribution in [3.8, 4) is 11.5 Å². The van der Waals surface area contributed by atoms with Gasteiger partial charge in [0.05, 0.1) is 0 Å². The number of nitrogens with two attached hydrogens (primary N) is 1. The predicted molar refractivity (Wildman–Crippen MR) is 112 cm³/mol. The first-order chi connectivity index (χ1) is 15.0. The lowest BCUT2D eigenvalue weighted by atomic mass is 10.2. The van der Waals surface area contributed by atoms with Gasteiger partial charge in [0.1, 0.15) is 23.8 Å². The quantitative estimate of drug-likeness (QED) is 0.149. The molecule has 1 heterocycles. The van der Waals surface area contributed by atoms with Crippen LogP contribution in [0.25, 0.3) is 11.5 Å². The number of aliphatic hydroxyl groups excluding tert-OH is 2. The van der Waals surface area contributed by atoms with Crippen LogP contribution in [0, 0.1) is 11.6 Å². The van der Waals surface area contributed by atoms with Crippen LogP contribution in [-0.2, 0) is 0 Å². The Labute approximate surface area is 186 Å². The average Bonchev–Trinajstić information content (AvgIpc) is 3.25. The summed E-state index contributed by atoms with van der Waals surface area (Å²) in [5.74, 6) is -0.379. The number of halogens is 3. The van der Waals surface area contributed by atoms with Crippen LogP contribution < -0.4 is 5.73 Å². The van der Waals surface area contributed by atoms with E-state index in [0.29, 0.717) is 11.1 Å². The normalized spacial score (nSPS) is 12.5. The number of benzene rings is 2. The molecule has 0 fully saturated rings. The highest BCUT2D eigenvalue weighted by Crippen LogP contribution is 2.19. The molecule has 0 saturated carbocycles. The zero-order valence-electron chi connectivity index (χ0n) is 17.0. The number of amidine groups is 1. The van der Waals surface area contributed by atoms with E-state index < -0.39 is 17.5 Å². The smallest absolute Gasteiger partial charge is 0.258 e. The van der Waals surface area contributed by atoms with Crippen molar-refractivity contribution in [2.24, 2.45) is 10.9 Å². The summed E-state index contributed by atoms with van der Waals surface area (Å²) < 4.78 is 29.7. The van der Waals surface area contributed by atoms with E-state index in [-0.39, 0.29) is 29.2 Å². The maximum Gasteiger partial charge on any atom is 0.258 e. The first-order valence-electron chi connectivity index (χ1n) is 8.93. The van der Waals surface area contributed by atoms with Gasteiger partial charge in [-0.15, -0.1) is 0 Å². The molecule has 5 N–H and O–H groups in total. The number of aliphatic hydroxyl groups is 2. The number of oxime groups is 1. The standard InChI is InChI=1S/C10H9FN2O2.C7H4ClFO.C3H8N2O2/c1-6(14)9-12-10(15-13-9)7-2-4-8(11)5-3-7;8-7(10)5-1-3-6(9)4-2-5;1-2(6)3(4)5-7/h2-6,14H,1H3;1-4H;2,6-7H,1H3,(H2,4,5). The Kier molecular flexibility index (Phi) is 10.9. The van der Waals surface area contributed by atoms with E-state index in [1.807, 2.05) is 0 Å². The molecule has 0 radical (unpaired) electrons. The fraction of sp³-hybridized carbons (Fsp3) is 0.200. The summed E-state index contributed by atoms with van der Waals surface area (Å²) in [7, 11) is 0. The lowest BCUT2D eigenvalue weighted by Gasteiger charge is -1.96. The zero-order chi connectivity index (χ0) is 24.3. The van der Waals surface area contributed by atoms with Crippen LogP contribution in [0.4, 0.5) is 8.78 Å². The summed E-state index contributed by atoms with van der Waals surface area (Å²) in [5.41, 5.74) is 5.80. The zero-order valence-corrected chi connectivity index (χ0v) is 17.7. The van der Waals surface area contributed by atoms with Crippen molar-refractivity contribution >= 4 is 22.7 Å². The van der Waals surface area contributed by atoms with Crippen LogP contribution in [0.1, 0.15) is 36.1 Å². The van der Waals surface area contributed by atoms with Crippen molar-refractivity contribution in [2.45, 2.75) is 26.1 Å². The number of hydrogen-bond acceptors (Lipinski definition) is 8. The molecule has 3 aromatic rings. The molecular weight excluding hydrogens is 450 g/mol. The summed E-state index contributed by atoms with van der Waals surface area (Å²) in [6.07, 6.45) is -1.63. The number of rotatable bonds is 4. The Morgan fingerprint density at radius 2 is 1.56 bits per heavy atom. The molecule has 172 valence electrons. The Hall–Kier alpha value is -3.41. The molecule has 0 amide bonds. The van der Waals surface area contributed by atoms with Gasteiger partial charge in [0.15, 0.2) is 11.7 Å². The molecule has 0 saturated heterocycles. The van der Waals surface area contributed by atoms with Gasteiger partial charge in [-0.05, 0) is 74.0 Å². The van der Waals surface area contributed by atoms with E-state index in [4.69, 9.17) is 32.2 Å². The van der Waals surface area contributed by atoms with E-state index in [1.165, 1.54) is 55.5 Å². The lowest BCUT2D eigenvalue weighted by molar-refractivity contribution is 0.108. The maximum absolute atomic E-state index is 12.6. The van der Waals surface area contributed by atoms with Gasteiger partial charge in [0.2, 0.25) is 0 Å². The van der Waals surface area contributed by atoms with E-state index in [2.05, 4.69) is 15.3 Å². The third-order valence-corrected chi connectivity index (χ3v) is 3.74. The number of aromatic nitrogens is 2. The van der Waals surface area contributed by atoms with Gasteiger partial charge in [-0.2, -0.15) is 4.98 Å². The Bertz CT molecular complexity index is 1010. The third kappa shape index (κ3) is 9.16. The molecule has 9 nitrogen and oxygen atoms in total. The Morgan fingerprint density at radius 1 is 1.06 bits per heavy atom. The Morgan fingerprint density at radius 3 is 1.91 bits per heavy atom. The molecule has 0 bridgehead atoms. The summed E-state index contributed by atoms with van der Waals surface area (Å²) in [4.78, 5) is 14.4. The highest BCUT2D eigenvalue weighted by atomic mass is 35.5. The molecule has 2 unspecified atom stereocenters. The van der Waals surface area contributed by atoms with Crippen LogP contribution >= 0.6 is 11.6 Å². The van der Waals surface area contributed by atoms with Crippen LogP contribution in [0.2, 0.25) is 0 Å². The van der Waals surface area contributed by atoms with Crippen molar-refractivity contribution in [1.29, 1.82) is 0 Å². The van der Waals surface area contributed by atoms with Gasteiger partial charge >= 0.3 is 0 Å². The van der Waals surface area contributed by atoms with Crippen molar-refractivity contribution in [1.82, 2.24) is 10.1 Å². The second-order valence-corrected chi connectivity index (χ2v) is 6.47. The molecule has 2 aromatic carbocycles. The molecule has 3 rings (SSSR count). The molecule has 2 atom stereocenters. The number of nitrogens with zero attached hydrogens (tertiary/aromatic N) is 3. The van der Waals surface area contributed by atoms with Gasteiger partial charge in [0, 0.05) is 11.1 Å². The van der Waals surface area contributed by atoms with Crippen LogP contribution in [0.5, 0.6) is 0 Å². The minimum absolute atomic E-state index is 0.167. The van der Waals surface area contributed by atoms with Gasteiger partial charge in [-0.1, -0.05) is 10.3 Å². The minimum Gasteiger partial charge on any atom is -0.409 e. The fourth-order valence-electron chi connectivity index (χ4n) is 1.78. The topological polar surface area (TPSA) is 155 Å². The van der Waals surface area contributed by atoms with Crippen molar-refractivity contribution in [3.05, 3.63) is 71.6 Å². The van der Waals surface area contributed by atoms with Crippen molar-refractivity contribution < 1.29 is 33.5 Å². The monoisotopic (exact) mass is 470 g/mol. The van der Waals surface area contributed by atoms with E-state index in [9.17, 15) is 18.7 Å². The minimum atomic E-state index is -0.856. The summed E-state index contributed by atoms with van der Waals surface area (Å²) in [6.45, 7) is 2.95. The maximum atomic E-state index is 12.6. The number of carbonyl (C=O) groups excluding carboxylic acids is 1. The predicted octanol–water partition coefficient (Wildman–Crippen LogP) is 3.25. The molecule has 0 aliphatic rings. The summed E-state index contributed by atoms with van der Waals surface area (Å²) in [5, 5.41) is 30.9. The molecule has 32 heavy (non-hydrogen) atoms. The van der Waals surface area contributed by atoms with Gasteiger partial charge < -0.3 is 25.7 Å². The Balaban J connectivity index is 0.000000262. The third-order valence-electron chi connectivity index (χ3n) is 3.52. The van der Waals surface area contributed by atoms with Gasteiger partial charge in [-0.25, -0.2) is 8.78 Å². The average molecular weight is 471 g/mol. The highest BCUT2D eigenvalue weighted by molar-refractivity contribution is 6.67. The number of carbonyl (C=O) groups is 1. The molecule has 0 aliphatic heterocycles. The lowest BCUT2D eigenvalue weighted by Crippen LogP contribution is -2.25. The molecule has 1 aromatic heterocycles. The van der Waals surface area contributed by atoms with Gasteiger partial charge in [0.25, 0.3) is 11.1 Å². The second kappa shape index (κ2) is 13.1. The molecule has 12 heteroatoms. The van der Waals surface area contributed by atoms with E-state index in [0.717, 1.165) is 0 Å². The largest absolute Gasteiger partial charge is 0.409 e. The van der Waals surface area contributed by atoms with E-state index >= 15 is 0 Å². The van der Waals surface area contributed by atoms with E-state index in [1.54, 1.807) is 6.92 Å². The summed E-state index contributed by atoms with van der Waals surface area (Å²) in [6, 6.07) is 10.7. The van der Waals surface area contributed by atoms with Gasteiger partial charge in [-0.3, -0.25) is 4.79 Å². The first-order valence-corrected chi connectivity index (χ1v) is 9.31. The van der Waals surface area contributed by atoms with Crippen LogP contribution in [0.15, 0.2) is 58.2 Å². The first kappa shape index (κ1) is 26.6. The number of hydrogen-bond donors (Lipinski definition) is 4. The molecular formula is C20H21ClF2N4O5. The second-order valence-electron chi connectivity index (χ2n) is 6.12. The summed E-state index contributed by atoms with van der Waals surface area (Å²) >= 11 is 5.09. The van der Waals surface area contributed by atoms with Crippen molar-refractivity contribution in [3.63, 3.8) is 0 Å². The fourth-order valence-corrected chi connectivity index (χ4v) is 1.90. The van der Waals surface area contributed by atoms with Crippen LogP contribution in [0.3, 0.4) is 0 Å². The van der Waals surface area contributed by atoms with Crippen LogP contribution in [-0.4, -0.2) is 42.7 Å².